The van der Waals surface area contributed by atoms with E-state index in [1.165, 1.54) is 0 Å². The summed E-state index contributed by atoms with van der Waals surface area (Å²) in [4.78, 5) is 0. The van der Waals surface area contributed by atoms with Gasteiger partial charge in [0.25, 0.3) is 0 Å². The molecule has 0 fully saturated rings. The van der Waals surface area contributed by atoms with Gasteiger partial charge in [-0.1, -0.05) is 18.2 Å². The molecule has 1 aromatic carbocycles. The molecule has 0 spiro atoms. The van der Waals surface area contributed by atoms with E-state index in [2.05, 4.69) is 5.32 Å². The number of ether oxygens (including phenoxy) is 3. The van der Waals surface area contributed by atoms with Gasteiger partial charge >= 0.3 is 0 Å². The third-order valence-electron chi connectivity index (χ3n) is 2.82. The number of aliphatic hydroxyl groups excluding tert-OH is 1. The Morgan fingerprint density at radius 1 is 1.25 bits per heavy atom. The van der Waals surface area contributed by atoms with Crippen molar-refractivity contribution in [2.75, 3.05) is 40.6 Å². The summed E-state index contributed by atoms with van der Waals surface area (Å²) in [6, 6.07) is 6.01. The maximum absolute atomic E-state index is 9.82. The molecule has 5 heteroatoms. The van der Waals surface area contributed by atoms with Gasteiger partial charge in [-0.05, 0) is 19.5 Å². The number of para-hydroxylation sites is 1. The van der Waals surface area contributed by atoms with Crippen molar-refractivity contribution in [1.29, 1.82) is 0 Å². The molecule has 0 aliphatic heterocycles. The van der Waals surface area contributed by atoms with E-state index in [1.54, 1.807) is 7.11 Å². The Bertz CT molecular complexity index is 384. The molecule has 0 radical (unpaired) electrons. The van der Waals surface area contributed by atoms with Gasteiger partial charge in [-0.25, -0.2) is 0 Å². The van der Waals surface area contributed by atoms with Crippen LogP contribution < -0.4 is 10.1 Å². The Labute approximate surface area is 120 Å². The van der Waals surface area contributed by atoms with Crippen LogP contribution in [-0.4, -0.2) is 51.8 Å². The van der Waals surface area contributed by atoms with Gasteiger partial charge in [-0.15, -0.1) is 0 Å². The number of benzene rings is 1. The maximum Gasteiger partial charge on any atom is 0.126 e. The normalized spacial score (nSPS) is 12.4. The first-order valence-corrected chi connectivity index (χ1v) is 6.79. The van der Waals surface area contributed by atoms with E-state index in [-0.39, 0.29) is 13.2 Å². The summed E-state index contributed by atoms with van der Waals surface area (Å²) in [6.45, 7) is 4.19. The zero-order valence-corrected chi connectivity index (χ0v) is 12.5. The lowest BCUT2D eigenvalue weighted by atomic mass is 10.1. The van der Waals surface area contributed by atoms with Crippen LogP contribution in [0.3, 0.4) is 0 Å². The monoisotopic (exact) mass is 283 g/mol. The number of methoxy groups -OCH3 is 1. The van der Waals surface area contributed by atoms with Crippen molar-refractivity contribution >= 4 is 0 Å². The fourth-order valence-corrected chi connectivity index (χ4v) is 1.84. The molecule has 0 amide bonds. The van der Waals surface area contributed by atoms with Crippen LogP contribution in [0.2, 0.25) is 0 Å². The molecule has 1 rings (SSSR count). The minimum absolute atomic E-state index is 0.217. The predicted octanol–water partition coefficient (Wildman–Crippen LogP) is 1.12. The third kappa shape index (κ3) is 5.88. The summed E-state index contributed by atoms with van der Waals surface area (Å²) >= 11 is 0. The quantitative estimate of drug-likeness (QED) is 0.630. The van der Waals surface area contributed by atoms with Gasteiger partial charge in [-0.2, -0.15) is 0 Å². The Morgan fingerprint density at radius 2 is 2.05 bits per heavy atom. The summed E-state index contributed by atoms with van der Waals surface area (Å²) < 4.78 is 15.9. The van der Waals surface area contributed by atoms with Crippen molar-refractivity contribution in [2.45, 2.75) is 19.6 Å². The predicted molar refractivity (Wildman–Crippen MR) is 78.1 cm³/mol. The highest BCUT2D eigenvalue weighted by Gasteiger charge is 2.10. The van der Waals surface area contributed by atoms with Crippen molar-refractivity contribution in [3.8, 4) is 5.75 Å². The molecule has 1 aromatic rings. The molecular weight excluding hydrogens is 258 g/mol. The molecule has 1 atom stereocenters. The van der Waals surface area contributed by atoms with Crippen molar-refractivity contribution in [1.82, 2.24) is 5.32 Å². The van der Waals surface area contributed by atoms with E-state index >= 15 is 0 Å². The summed E-state index contributed by atoms with van der Waals surface area (Å²) in [5.74, 6) is 0.831. The van der Waals surface area contributed by atoms with Gasteiger partial charge in [0.2, 0.25) is 0 Å². The molecule has 0 saturated heterocycles. The zero-order chi connectivity index (χ0) is 14.8. The van der Waals surface area contributed by atoms with E-state index in [4.69, 9.17) is 14.2 Å². The van der Waals surface area contributed by atoms with Crippen molar-refractivity contribution in [3.05, 3.63) is 29.3 Å². The fourth-order valence-electron chi connectivity index (χ4n) is 1.84. The molecule has 0 aliphatic rings. The average molecular weight is 283 g/mol. The lowest BCUT2D eigenvalue weighted by Gasteiger charge is -2.17. The topological polar surface area (TPSA) is 60.0 Å². The van der Waals surface area contributed by atoms with Gasteiger partial charge in [0.05, 0.1) is 19.8 Å². The highest BCUT2D eigenvalue weighted by Crippen LogP contribution is 2.23. The van der Waals surface area contributed by atoms with Gasteiger partial charge < -0.3 is 24.6 Å². The van der Waals surface area contributed by atoms with E-state index in [9.17, 15) is 5.11 Å². The molecule has 20 heavy (non-hydrogen) atoms. The zero-order valence-electron chi connectivity index (χ0n) is 12.5. The van der Waals surface area contributed by atoms with E-state index < -0.39 is 6.10 Å². The van der Waals surface area contributed by atoms with Crippen LogP contribution in [0.15, 0.2) is 18.2 Å². The largest absolute Gasteiger partial charge is 0.490 e. The molecular formula is C15H25NO4. The van der Waals surface area contributed by atoms with E-state index in [0.29, 0.717) is 13.2 Å². The Balaban J connectivity index is 2.44. The molecule has 5 nitrogen and oxygen atoms in total. The number of hydrogen-bond acceptors (Lipinski definition) is 5. The molecule has 1 unspecified atom stereocenters. The summed E-state index contributed by atoms with van der Waals surface area (Å²) in [7, 11) is 3.51. The molecule has 0 saturated carbocycles. The van der Waals surface area contributed by atoms with Crippen LogP contribution in [0.4, 0.5) is 0 Å². The van der Waals surface area contributed by atoms with Gasteiger partial charge in [-0.3, -0.25) is 0 Å². The average Bonchev–Trinajstić information content (AvgIpc) is 2.43. The molecule has 0 aromatic heterocycles. The second-order valence-corrected chi connectivity index (χ2v) is 4.63. The SMILES string of the molecule is CNCc1cccc(C)c1OCC(O)COCCOC. The first-order valence-electron chi connectivity index (χ1n) is 6.79. The Morgan fingerprint density at radius 3 is 2.75 bits per heavy atom. The number of aryl methyl sites for hydroxylation is 1. The second-order valence-electron chi connectivity index (χ2n) is 4.63. The fraction of sp³-hybridized carbons (Fsp3) is 0.600. The van der Waals surface area contributed by atoms with Crippen LogP contribution in [-0.2, 0) is 16.0 Å². The van der Waals surface area contributed by atoms with Gasteiger partial charge in [0.15, 0.2) is 0 Å². The van der Waals surface area contributed by atoms with Crippen LogP contribution in [0.25, 0.3) is 0 Å². The molecule has 2 N–H and O–H groups in total. The highest BCUT2D eigenvalue weighted by molar-refractivity contribution is 5.40. The second kappa shape index (κ2) is 9.72. The third-order valence-corrected chi connectivity index (χ3v) is 2.82. The van der Waals surface area contributed by atoms with Crippen LogP contribution in [0, 0.1) is 6.92 Å². The van der Waals surface area contributed by atoms with Gasteiger partial charge in [0.1, 0.15) is 18.5 Å². The molecule has 114 valence electrons. The Kier molecular flexibility index (Phi) is 8.22. The lowest BCUT2D eigenvalue weighted by molar-refractivity contribution is -0.00441. The molecule has 0 aliphatic carbocycles. The first-order chi connectivity index (χ1) is 9.69. The van der Waals surface area contributed by atoms with Crippen LogP contribution in [0.1, 0.15) is 11.1 Å². The first kappa shape index (κ1) is 16.9. The van der Waals surface area contributed by atoms with E-state index in [0.717, 1.165) is 23.4 Å². The number of aliphatic hydroxyl groups is 1. The number of hydrogen-bond donors (Lipinski definition) is 2. The van der Waals surface area contributed by atoms with Crippen molar-refractivity contribution in [2.24, 2.45) is 0 Å². The summed E-state index contributed by atoms with van der Waals surface area (Å²) in [5.41, 5.74) is 2.14. The number of rotatable bonds is 10. The van der Waals surface area contributed by atoms with Crippen LogP contribution in [0.5, 0.6) is 5.75 Å². The van der Waals surface area contributed by atoms with Crippen molar-refractivity contribution < 1.29 is 19.3 Å². The minimum atomic E-state index is -0.645. The highest BCUT2D eigenvalue weighted by atomic mass is 16.5. The van der Waals surface area contributed by atoms with Crippen LogP contribution >= 0.6 is 0 Å². The lowest BCUT2D eigenvalue weighted by Crippen LogP contribution is -2.25. The van der Waals surface area contributed by atoms with Gasteiger partial charge in [0, 0.05) is 19.2 Å². The minimum Gasteiger partial charge on any atom is -0.490 e. The summed E-state index contributed by atoms with van der Waals surface area (Å²) in [5, 5.41) is 12.9. The molecule has 0 heterocycles. The Hall–Kier alpha value is -1.14. The maximum atomic E-state index is 9.82. The standard InChI is InChI=1S/C15H25NO4/c1-12-5-4-6-13(9-16-2)15(12)20-11-14(17)10-19-8-7-18-3/h4-6,14,16-17H,7-11H2,1-3H3. The van der Waals surface area contributed by atoms with E-state index in [1.807, 2.05) is 32.2 Å². The van der Waals surface area contributed by atoms with Crippen molar-refractivity contribution in [3.63, 3.8) is 0 Å². The smallest absolute Gasteiger partial charge is 0.126 e. The summed E-state index contributed by atoms with van der Waals surface area (Å²) in [6.07, 6.45) is -0.645. The molecule has 0 bridgehead atoms. The number of nitrogens with one attached hydrogen (secondary N) is 1.